The predicted octanol–water partition coefficient (Wildman–Crippen LogP) is 6.97. The first-order valence-electron chi connectivity index (χ1n) is 11.5. The topological polar surface area (TPSA) is 112 Å². The van der Waals surface area contributed by atoms with Crippen LogP contribution in [0, 0.1) is 22.7 Å². The van der Waals surface area contributed by atoms with E-state index in [2.05, 4.69) is 10.8 Å². The summed E-state index contributed by atoms with van der Waals surface area (Å²) in [5.74, 6) is 1.50. The zero-order chi connectivity index (χ0) is 26.5. The fourth-order valence-corrected chi connectivity index (χ4v) is 4.84. The van der Waals surface area contributed by atoms with Gasteiger partial charge < -0.3 is 9.47 Å². The third kappa shape index (κ3) is 5.41. The number of ether oxygens (including phenoxy) is 2. The molecule has 0 aliphatic rings. The summed E-state index contributed by atoms with van der Waals surface area (Å²) in [7, 11) is -3.95. The zero-order valence-electron chi connectivity index (χ0n) is 19.8. The van der Waals surface area contributed by atoms with Crippen LogP contribution in [0.3, 0.4) is 0 Å². The molecule has 0 aliphatic carbocycles. The first-order valence-corrected chi connectivity index (χ1v) is 12.9. The van der Waals surface area contributed by atoms with E-state index in [1.807, 2.05) is 30.3 Å². The van der Waals surface area contributed by atoms with E-state index in [0.717, 1.165) is 10.8 Å². The van der Waals surface area contributed by atoms with Gasteiger partial charge in [0.05, 0.1) is 33.8 Å². The van der Waals surface area contributed by atoms with Crippen LogP contribution in [0.2, 0.25) is 0 Å². The maximum atomic E-state index is 13.3. The molecule has 0 unspecified atom stereocenters. The van der Waals surface area contributed by atoms with Gasteiger partial charge in [-0.1, -0.05) is 30.3 Å². The van der Waals surface area contributed by atoms with Gasteiger partial charge in [0, 0.05) is 6.07 Å². The van der Waals surface area contributed by atoms with Crippen molar-refractivity contribution >= 4 is 26.5 Å². The highest BCUT2D eigenvalue weighted by Crippen LogP contribution is 2.36. The number of hydrogen-bond donors (Lipinski definition) is 1. The molecule has 38 heavy (non-hydrogen) atoms. The van der Waals surface area contributed by atoms with Crippen molar-refractivity contribution < 1.29 is 17.9 Å². The van der Waals surface area contributed by atoms with Crippen molar-refractivity contribution in [3.05, 3.63) is 120 Å². The first kappa shape index (κ1) is 24.4. The molecule has 184 valence electrons. The molecule has 0 spiro atoms. The van der Waals surface area contributed by atoms with Crippen LogP contribution in [0.4, 0.5) is 5.69 Å². The molecule has 0 heterocycles. The van der Waals surface area contributed by atoms with Crippen molar-refractivity contribution in [3.63, 3.8) is 0 Å². The summed E-state index contributed by atoms with van der Waals surface area (Å²) in [6.07, 6.45) is 0. The molecular formula is C30H19N3O4S. The van der Waals surface area contributed by atoms with Gasteiger partial charge in [-0.05, 0) is 83.6 Å². The average Bonchev–Trinajstić information content (AvgIpc) is 2.95. The summed E-state index contributed by atoms with van der Waals surface area (Å²) in [6, 6.07) is 34.3. The molecule has 8 heteroatoms. The Morgan fingerprint density at radius 2 is 1.18 bits per heavy atom. The van der Waals surface area contributed by atoms with Crippen LogP contribution in [-0.2, 0) is 10.0 Å². The highest BCUT2D eigenvalue weighted by Gasteiger charge is 2.18. The Morgan fingerprint density at radius 1 is 0.605 bits per heavy atom. The van der Waals surface area contributed by atoms with Crippen LogP contribution >= 0.6 is 0 Å². The molecule has 7 nitrogen and oxygen atoms in total. The number of fused-ring (bicyclic) bond motifs is 1. The fourth-order valence-electron chi connectivity index (χ4n) is 3.73. The lowest BCUT2D eigenvalue weighted by Gasteiger charge is -2.16. The molecule has 1 N–H and O–H groups in total. The molecular weight excluding hydrogens is 498 g/mol. The summed E-state index contributed by atoms with van der Waals surface area (Å²) in [6.45, 7) is 0. The van der Waals surface area contributed by atoms with Crippen molar-refractivity contribution in [2.75, 3.05) is 4.72 Å². The second kappa shape index (κ2) is 10.4. The molecule has 0 saturated heterocycles. The normalized spacial score (nSPS) is 10.8. The summed E-state index contributed by atoms with van der Waals surface area (Å²) in [5.41, 5.74) is 1.17. The third-order valence-electron chi connectivity index (χ3n) is 5.66. The van der Waals surface area contributed by atoms with Gasteiger partial charge in [0.2, 0.25) is 0 Å². The standard InChI is InChI=1S/C30H19N3O4S/c31-19-21-5-10-25(11-6-21)36-27-14-16-29(30(18-27)37-26-12-7-22(20-32)8-13-26)33-38(34,35)28-15-9-23-3-1-2-4-24(23)17-28/h1-18,33H. The van der Waals surface area contributed by atoms with E-state index in [9.17, 15) is 8.42 Å². The number of nitrogens with one attached hydrogen (secondary N) is 1. The van der Waals surface area contributed by atoms with Crippen LogP contribution < -0.4 is 14.2 Å². The lowest BCUT2D eigenvalue weighted by molar-refractivity contribution is 0.461. The van der Waals surface area contributed by atoms with Gasteiger partial charge in [-0.25, -0.2) is 8.42 Å². The first-order chi connectivity index (χ1) is 18.4. The minimum absolute atomic E-state index is 0.110. The molecule has 0 aromatic heterocycles. The molecule has 0 aliphatic heterocycles. The maximum absolute atomic E-state index is 13.3. The number of nitrogens with zero attached hydrogens (tertiary/aromatic N) is 2. The fraction of sp³-hybridized carbons (Fsp3) is 0. The summed E-state index contributed by atoms with van der Waals surface area (Å²) in [5, 5.41) is 19.8. The lowest BCUT2D eigenvalue weighted by atomic mass is 10.1. The highest BCUT2D eigenvalue weighted by atomic mass is 32.2. The third-order valence-corrected chi connectivity index (χ3v) is 7.02. The average molecular weight is 518 g/mol. The summed E-state index contributed by atoms with van der Waals surface area (Å²) >= 11 is 0. The second-order valence-electron chi connectivity index (χ2n) is 8.25. The van der Waals surface area contributed by atoms with Crippen molar-refractivity contribution in [1.29, 1.82) is 10.5 Å². The van der Waals surface area contributed by atoms with E-state index < -0.39 is 10.0 Å². The van der Waals surface area contributed by atoms with E-state index in [0.29, 0.717) is 28.4 Å². The van der Waals surface area contributed by atoms with E-state index in [4.69, 9.17) is 20.0 Å². The van der Waals surface area contributed by atoms with Crippen molar-refractivity contribution in [2.24, 2.45) is 0 Å². The number of benzene rings is 5. The van der Waals surface area contributed by atoms with Crippen LogP contribution in [-0.4, -0.2) is 8.42 Å². The molecule has 0 radical (unpaired) electrons. The van der Waals surface area contributed by atoms with E-state index in [-0.39, 0.29) is 16.3 Å². The Hall–Kier alpha value is -5.31. The van der Waals surface area contributed by atoms with E-state index in [1.54, 1.807) is 84.9 Å². The van der Waals surface area contributed by atoms with Crippen molar-refractivity contribution in [1.82, 2.24) is 0 Å². The number of sulfonamides is 1. The molecule has 5 rings (SSSR count). The van der Waals surface area contributed by atoms with Gasteiger partial charge in [0.25, 0.3) is 10.0 Å². The monoisotopic (exact) mass is 517 g/mol. The Kier molecular flexibility index (Phi) is 6.65. The van der Waals surface area contributed by atoms with Gasteiger partial charge >= 0.3 is 0 Å². The Labute approximate surface area is 219 Å². The smallest absolute Gasteiger partial charge is 0.262 e. The minimum atomic E-state index is -3.95. The minimum Gasteiger partial charge on any atom is -0.457 e. The Bertz CT molecular complexity index is 1820. The Morgan fingerprint density at radius 3 is 1.82 bits per heavy atom. The van der Waals surface area contributed by atoms with Gasteiger partial charge in [0.1, 0.15) is 17.2 Å². The van der Waals surface area contributed by atoms with Crippen LogP contribution in [0.5, 0.6) is 23.0 Å². The molecule has 0 amide bonds. The molecule has 0 bridgehead atoms. The van der Waals surface area contributed by atoms with Crippen LogP contribution in [0.25, 0.3) is 10.8 Å². The van der Waals surface area contributed by atoms with Crippen LogP contribution in [0.15, 0.2) is 114 Å². The quantitative estimate of drug-likeness (QED) is 0.249. The number of anilines is 1. The number of nitriles is 2. The van der Waals surface area contributed by atoms with Gasteiger partial charge in [0.15, 0.2) is 5.75 Å². The maximum Gasteiger partial charge on any atom is 0.262 e. The Balaban J connectivity index is 1.48. The predicted molar refractivity (Wildman–Crippen MR) is 144 cm³/mol. The van der Waals surface area contributed by atoms with Crippen molar-refractivity contribution in [3.8, 4) is 35.1 Å². The molecule has 5 aromatic carbocycles. The second-order valence-corrected chi connectivity index (χ2v) is 9.93. The summed E-state index contributed by atoms with van der Waals surface area (Å²) < 4.78 is 41.2. The number of rotatable bonds is 7. The molecule has 0 fully saturated rings. The van der Waals surface area contributed by atoms with E-state index >= 15 is 0 Å². The van der Waals surface area contributed by atoms with Gasteiger partial charge in [-0.2, -0.15) is 10.5 Å². The SMILES string of the molecule is N#Cc1ccc(Oc2ccc(NS(=O)(=O)c3ccc4ccccc4c3)c(Oc3ccc(C#N)cc3)c2)cc1. The zero-order valence-corrected chi connectivity index (χ0v) is 20.6. The lowest BCUT2D eigenvalue weighted by Crippen LogP contribution is -2.13. The van der Waals surface area contributed by atoms with Gasteiger partial charge in [-0.15, -0.1) is 0 Å². The summed E-state index contributed by atoms with van der Waals surface area (Å²) in [4.78, 5) is 0.110. The largest absolute Gasteiger partial charge is 0.457 e. The van der Waals surface area contributed by atoms with E-state index in [1.165, 1.54) is 0 Å². The van der Waals surface area contributed by atoms with Crippen LogP contribution in [0.1, 0.15) is 11.1 Å². The van der Waals surface area contributed by atoms with Crippen molar-refractivity contribution in [2.45, 2.75) is 4.90 Å². The number of hydrogen-bond acceptors (Lipinski definition) is 6. The molecule has 0 atom stereocenters. The highest BCUT2D eigenvalue weighted by molar-refractivity contribution is 7.92. The molecule has 0 saturated carbocycles. The van der Waals surface area contributed by atoms with Gasteiger partial charge in [-0.3, -0.25) is 4.72 Å². The molecule has 5 aromatic rings.